The molecule has 1 aromatic rings. The van der Waals surface area contributed by atoms with Gasteiger partial charge in [0.1, 0.15) is 0 Å². The average Bonchev–Trinajstić information content (AvgIpc) is 1.90. The smallest absolute Gasteiger partial charge is 0.0552 e. The Balaban J connectivity index is 2.18. The van der Waals surface area contributed by atoms with Gasteiger partial charge in [-0.3, -0.25) is 4.98 Å². The van der Waals surface area contributed by atoms with Crippen molar-refractivity contribution in [1.82, 2.24) is 4.98 Å². The molecule has 0 N–H and O–H groups in total. The summed E-state index contributed by atoms with van der Waals surface area (Å²) < 4.78 is 0. The van der Waals surface area contributed by atoms with Gasteiger partial charge in [0.2, 0.25) is 0 Å². The summed E-state index contributed by atoms with van der Waals surface area (Å²) in [5.41, 5.74) is 2.36. The molecule has 1 fully saturated rings. The van der Waals surface area contributed by atoms with Gasteiger partial charge in [-0.25, -0.2) is 0 Å². The molecule has 1 aromatic heterocycles. The van der Waals surface area contributed by atoms with Crippen molar-refractivity contribution in [2.45, 2.75) is 13.3 Å². The zero-order valence-electron chi connectivity index (χ0n) is 6.75. The summed E-state index contributed by atoms with van der Waals surface area (Å²) in [7, 11) is 0. The lowest BCUT2D eigenvalue weighted by molar-refractivity contribution is 0.616. The van der Waals surface area contributed by atoms with Crippen LogP contribution in [0.3, 0.4) is 0 Å². The first-order valence-corrected chi connectivity index (χ1v) is 4.04. The highest BCUT2D eigenvalue weighted by molar-refractivity contribution is 5.46. The largest absolute Gasteiger partial charge is 0.370 e. The summed E-state index contributed by atoms with van der Waals surface area (Å²) in [4.78, 5) is 6.58. The van der Waals surface area contributed by atoms with Crippen molar-refractivity contribution >= 4 is 5.69 Å². The van der Waals surface area contributed by atoms with E-state index in [4.69, 9.17) is 0 Å². The molecule has 0 aliphatic carbocycles. The fourth-order valence-electron chi connectivity index (χ4n) is 1.22. The van der Waals surface area contributed by atoms with Gasteiger partial charge in [0.05, 0.1) is 11.9 Å². The van der Waals surface area contributed by atoms with Gasteiger partial charge in [0.25, 0.3) is 0 Å². The minimum Gasteiger partial charge on any atom is -0.370 e. The third-order valence-electron chi connectivity index (χ3n) is 2.12. The van der Waals surface area contributed by atoms with E-state index in [9.17, 15) is 0 Å². The van der Waals surface area contributed by atoms with Crippen molar-refractivity contribution < 1.29 is 0 Å². The Morgan fingerprint density at radius 1 is 1.36 bits per heavy atom. The van der Waals surface area contributed by atoms with Gasteiger partial charge >= 0.3 is 0 Å². The molecule has 2 heteroatoms. The molecule has 1 aliphatic heterocycles. The summed E-state index contributed by atoms with van der Waals surface area (Å²) in [5.74, 6) is 0. The average molecular weight is 148 g/mol. The monoisotopic (exact) mass is 148 g/mol. The summed E-state index contributed by atoms with van der Waals surface area (Å²) in [5, 5.41) is 0. The fraction of sp³-hybridized carbons (Fsp3) is 0.444. The summed E-state index contributed by atoms with van der Waals surface area (Å²) in [6, 6.07) is 4.20. The van der Waals surface area contributed by atoms with Gasteiger partial charge in [-0.15, -0.1) is 0 Å². The topological polar surface area (TPSA) is 16.1 Å². The van der Waals surface area contributed by atoms with Gasteiger partial charge in [0, 0.05) is 18.8 Å². The molecule has 0 radical (unpaired) electrons. The van der Waals surface area contributed by atoms with Crippen LogP contribution in [-0.2, 0) is 0 Å². The number of rotatable bonds is 1. The third kappa shape index (κ3) is 1.20. The minimum atomic E-state index is 1.09. The molecule has 0 bridgehead atoms. The SMILES string of the molecule is Cc1ccc(N2CCC2)cn1. The fourth-order valence-corrected chi connectivity index (χ4v) is 1.22. The van der Waals surface area contributed by atoms with E-state index >= 15 is 0 Å². The number of aryl methyl sites for hydroxylation is 1. The number of aromatic nitrogens is 1. The number of pyridine rings is 1. The van der Waals surface area contributed by atoms with Gasteiger partial charge in [-0.2, -0.15) is 0 Å². The first kappa shape index (κ1) is 6.65. The van der Waals surface area contributed by atoms with Crippen LogP contribution in [0.4, 0.5) is 5.69 Å². The molecule has 0 unspecified atom stereocenters. The molecule has 2 rings (SSSR count). The molecule has 0 saturated carbocycles. The number of hydrogen-bond donors (Lipinski definition) is 0. The molecule has 11 heavy (non-hydrogen) atoms. The predicted octanol–water partition coefficient (Wildman–Crippen LogP) is 1.60. The van der Waals surface area contributed by atoms with E-state index in [1.54, 1.807) is 0 Å². The lowest BCUT2D eigenvalue weighted by atomic mass is 10.2. The predicted molar refractivity (Wildman–Crippen MR) is 45.8 cm³/mol. The first-order chi connectivity index (χ1) is 5.36. The standard InChI is InChI=1S/C9H12N2/c1-8-3-4-9(7-10-8)11-5-2-6-11/h3-4,7H,2,5-6H2,1H3. The molecular weight excluding hydrogens is 136 g/mol. The molecule has 0 aromatic carbocycles. The van der Waals surface area contributed by atoms with Crippen LogP contribution in [0.15, 0.2) is 18.3 Å². The Kier molecular flexibility index (Phi) is 1.53. The molecule has 2 nitrogen and oxygen atoms in total. The molecule has 1 saturated heterocycles. The molecular formula is C9H12N2. The first-order valence-electron chi connectivity index (χ1n) is 4.04. The van der Waals surface area contributed by atoms with E-state index in [0.29, 0.717) is 0 Å². The van der Waals surface area contributed by atoms with E-state index in [1.165, 1.54) is 25.2 Å². The summed E-state index contributed by atoms with van der Waals surface area (Å²) in [6.07, 6.45) is 3.28. The second-order valence-corrected chi connectivity index (χ2v) is 3.00. The Morgan fingerprint density at radius 3 is 2.64 bits per heavy atom. The van der Waals surface area contributed by atoms with Crippen molar-refractivity contribution in [2.75, 3.05) is 18.0 Å². The molecule has 0 spiro atoms. The second kappa shape index (κ2) is 2.53. The van der Waals surface area contributed by atoms with Crippen LogP contribution in [-0.4, -0.2) is 18.1 Å². The molecule has 0 amide bonds. The minimum absolute atomic E-state index is 1.09. The quantitative estimate of drug-likeness (QED) is 0.601. The summed E-state index contributed by atoms with van der Waals surface area (Å²) >= 11 is 0. The lowest BCUT2D eigenvalue weighted by Crippen LogP contribution is -2.36. The van der Waals surface area contributed by atoms with E-state index in [2.05, 4.69) is 22.0 Å². The third-order valence-corrected chi connectivity index (χ3v) is 2.12. The molecule has 1 aliphatic rings. The van der Waals surface area contributed by atoms with Crippen LogP contribution in [0.5, 0.6) is 0 Å². The highest BCUT2D eigenvalue weighted by atomic mass is 15.2. The van der Waals surface area contributed by atoms with Crippen molar-refractivity contribution in [3.63, 3.8) is 0 Å². The second-order valence-electron chi connectivity index (χ2n) is 3.00. The maximum Gasteiger partial charge on any atom is 0.0552 e. The maximum atomic E-state index is 4.24. The van der Waals surface area contributed by atoms with Crippen LogP contribution in [0.1, 0.15) is 12.1 Å². The van der Waals surface area contributed by atoms with Gasteiger partial charge in [-0.1, -0.05) is 0 Å². The normalized spacial score (nSPS) is 16.3. The van der Waals surface area contributed by atoms with Crippen LogP contribution in [0.25, 0.3) is 0 Å². The number of anilines is 1. The maximum absolute atomic E-state index is 4.24. The lowest BCUT2D eigenvalue weighted by Gasteiger charge is -2.32. The van der Waals surface area contributed by atoms with Gasteiger partial charge < -0.3 is 4.90 Å². The van der Waals surface area contributed by atoms with Crippen LogP contribution in [0, 0.1) is 6.92 Å². The van der Waals surface area contributed by atoms with Crippen LogP contribution in [0.2, 0.25) is 0 Å². The number of hydrogen-bond acceptors (Lipinski definition) is 2. The molecule has 58 valence electrons. The highest BCUT2D eigenvalue weighted by Gasteiger charge is 2.13. The summed E-state index contributed by atoms with van der Waals surface area (Å²) in [6.45, 7) is 4.41. The van der Waals surface area contributed by atoms with E-state index in [-0.39, 0.29) is 0 Å². The Morgan fingerprint density at radius 2 is 2.18 bits per heavy atom. The van der Waals surface area contributed by atoms with Gasteiger partial charge in [0.15, 0.2) is 0 Å². The molecule has 0 atom stereocenters. The van der Waals surface area contributed by atoms with Crippen molar-refractivity contribution in [3.8, 4) is 0 Å². The Labute approximate surface area is 66.9 Å². The Bertz CT molecular complexity index is 236. The van der Waals surface area contributed by atoms with E-state index < -0.39 is 0 Å². The van der Waals surface area contributed by atoms with E-state index in [0.717, 1.165) is 5.69 Å². The van der Waals surface area contributed by atoms with E-state index in [1.807, 2.05) is 13.1 Å². The van der Waals surface area contributed by atoms with Gasteiger partial charge in [-0.05, 0) is 25.5 Å². The zero-order chi connectivity index (χ0) is 7.68. The van der Waals surface area contributed by atoms with Crippen molar-refractivity contribution in [1.29, 1.82) is 0 Å². The van der Waals surface area contributed by atoms with Crippen LogP contribution >= 0.6 is 0 Å². The Hall–Kier alpha value is -1.05. The van der Waals surface area contributed by atoms with Crippen molar-refractivity contribution in [2.24, 2.45) is 0 Å². The number of nitrogens with zero attached hydrogens (tertiary/aromatic N) is 2. The zero-order valence-corrected chi connectivity index (χ0v) is 6.75. The van der Waals surface area contributed by atoms with Crippen LogP contribution < -0.4 is 4.90 Å². The molecule has 2 heterocycles. The highest BCUT2D eigenvalue weighted by Crippen LogP contribution is 2.18. The van der Waals surface area contributed by atoms with Crippen molar-refractivity contribution in [3.05, 3.63) is 24.0 Å².